The highest BCUT2D eigenvalue weighted by atomic mass is 35.5. The van der Waals surface area contributed by atoms with Gasteiger partial charge in [0, 0.05) is 31.6 Å². The molecule has 1 heterocycles. The number of nitrogens with zero attached hydrogens (tertiary/aromatic N) is 1. The number of halogens is 1. The maximum atomic E-state index is 13.0. The molecule has 0 aromatic heterocycles. The SMILES string of the molecule is CC(=O)Nc1ccc(NC(=O)C2CCN(S(=O)(=O)c3ccc(C(C)(C)C)cc3)CC2)c(Cl)c1. The summed E-state index contributed by atoms with van der Waals surface area (Å²) < 4.78 is 27.5. The normalized spacial score (nSPS) is 15.8. The summed E-state index contributed by atoms with van der Waals surface area (Å²) >= 11 is 6.23. The van der Waals surface area contributed by atoms with Gasteiger partial charge >= 0.3 is 0 Å². The van der Waals surface area contributed by atoms with Gasteiger partial charge in [-0.1, -0.05) is 44.5 Å². The Morgan fingerprint density at radius 3 is 2.12 bits per heavy atom. The fraction of sp³-hybridized carbons (Fsp3) is 0.417. The van der Waals surface area contributed by atoms with Gasteiger partial charge in [0.25, 0.3) is 0 Å². The number of nitrogens with one attached hydrogen (secondary N) is 2. The molecule has 2 amide bonds. The maximum Gasteiger partial charge on any atom is 0.243 e. The van der Waals surface area contributed by atoms with Gasteiger partial charge in [-0.15, -0.1) is 0 Å². The lowest BCUT2D eigenvalue weighted by atomic mass is 9.87. The Morgan fingerprint density at radius 2 is 1.61 bits per heavy atom. The van der Waals surface area contributed by atoms with E-state index >= 15 is 0 Å². The summed E-state index contributed by atoms with van der Waals surface area (Å²) in [6.07, 6.45) is 0.847. The summed E-state index contributed by atoms with van der Waals surface area (Å²) in [7, 11) is -3.61. The van der Waals surface area contributed by atoms with Crippen LogP contribution in [0.2, 0.25) is 5.02 Å². The van der Waals surface area contributed by atoms with Crippen LogP contribution in [0.5, 0.6) is 0 Å². The monoisotopic (exact) mass is 491 g/mol. The van der Waals surface area contributed by atoms with Gasteiger partial charge in [-0.2, -0.15) is 4.31 Å². The minimum Gasteiger partial charge on any atom is -0.326 e. The van der Waals surface area contributed by atoms with E-state index < -0.39 is 10.0 Å². The van der Waals surface area contributed by atoms with Crippen LogP contribution in [0.1, 0.15) is 46.1 Å². The van der Waals surface area contributed by atoms with Crippen LogP contribution in [0, 0.1) is 5.92 Å². The highest BCUT2D eigenvalue weighted by Gasteiger charge is 2.32. The molecular weight excluding hydrogens is 462 g/mol. The Hall–Kier alpha value is -2.42. The van der Waals surface area contributed by atoms with Crippen molar-refractivity contribution in [1.82, 2.24) is 4.31 Å². The first-order valence-electron chi connectivity index (χ1n) is 10.9. The Bertz CT molecular complexity index is 1130. The Morgan fingerprint density at radius 1 is 1.00 bits per heavy atom. The van der Waals surface area contributed by atoms with E-state index in [1.54, 1.807) is 30.3 Å². The molecule has 0 atom stereocenters. The molecule has 1 fully saturated rings. The molecule has 2 aromatic rings. The van der Waals surface area contributed by atoms with Gasteiger partial charge in [0.2, 0.25) is 21.8 Å². The minimum atomic E-state index is -3.61. The van der Waals surface area contributed by atoms with Crippen molar-refractivity contribution >= 4 is 44.8 Å². The Balaban J connectivity index is 1.61. The van der Waals surface area contributed by atoms with Gasteiger partial charge in [0.1, 0.15) is 0 Å². The zero-order chi connectivity index (χ0) is 24.4. The number of hydrogen-bond donors (Lipinski definition) is 2. The second-order valence-corrected chi connectivity index (χ2v) is 11.7. The average molecular weight is 492 g/mol. The third-order valence-electron chi connectivity index (χ3n) is 5.73. The summed E-state index contributed by atoms with van der Waals surface area (Å²) in [4.78, 5) is 24.2. The molecular formula is C24H30ClN3O4S. The van der Waals surface area contributed by atoms with Crippen molar-refractivity contribution < 1.29 is 18.0 Å². The molecule has 33 heavy (non-hydrogen) atoms. The van der Waals surface area contributed by atoms with Gasteiger partial charge in [-0.05, 0) is 54.2 Å². The number of benzene rings is 2. The molecule has 9 heteroatoms. The lowest BCUT2D eigenvalue weighted by molar-refractivity contribution is -0.121. The zero-order valence-corrected chi connectivity index (χ0v) is 20.9. The fourth-order valence-electron chi connectivity index (χ4n) is 3.77. The third-order valence-corrected chi connectivity index (χ3v) is 7.96. The first-order valence-corrected chi connectivity index (χ1v) is 12.7. The van der Waals surface area contributed by atoms with Crippen molar-refractivity contribution in [1.29, 1.82) is 0 Å². The number of anilines is 2. The smallest absolute Gasteiger partial charge is 0.243 e. The van der Waals surface area contributed by atoms with E-state index in [9.17, 15) is 18.0 Å². The topological polar surface area (TPSA) is 95.6 Å². The molecule has 0 spiro atoms. The molecule has 1 saturated heterocycles. The zero-order valence-electron chi connectivity index (χ0n) is 19.3. The summed E-state index contributed by atoms with van der Waals surface area (Å²) in [5.41, 5.74) is 2.01. The molecule has 2 aromatic carbocycles. The van der Waals surface area contributed by atoms with E-state index in [0.717, 1.165) is 5.56 Å². The van der Waals surface area contributed by atoms with E-state index in [2.05, 4.69) is 31.4 Å². The molecule has 0 saturated carbocycles. The lowest BCUT2D eigenvalue weighted by Crippen LogP contribution is -2.41. The fourth-order valence-corrected chi connectivity index (χ4v) is 5.46. The van der Waals surface area contributed by atoms with E-state index in [-0.39, 0.29) is 41.1 Å². The van der Waals surface area contributed by atoms with Crippen molar-refractivity contribution in [3.8, 4) is 0 Å². The van der Waals surface area contributed by atoms with Gasteiger partial charge in [0.15, 0.2) is 0 Å². The van der Waals surface area contributed by atoms with Crippen LogP contribution in [0.3, 0.4) is 0 Å². The van der Waals surface area contributed by atoms with Gasteiger partial charge in [-0.3, -0.25) is 9.59 Å². The predicted molar refractivity (Wildman–Crippen MR) is 131 cm³/mol. The Kier molecular flexibility index (Phi) is 7.51. The number of piperidine rings is 1. The van der Waals surface area contributed by atoms with E-state index in [4.69, 9.17) is 11.6 Å². The maximum absolute atomic E-state index is 13.0. The predicted octanol–water partition coefficient (Wildman–Crippen LogP) is 4.64. The summed E-state index contributed by atoms with van der Waals surface area (Å²) in [6.45, 7) is 8.19. The highest BCUT2D eigenvalue weighted by Crippen LogP contribution is 2.29. The molecule has 1 aliphatic rings. The molecule has 3 rings (SSSR count). The molecule has 7 nitrogen and oxygen atoms in total. The van der Waals surface area contributed by atoms with Crippen LogP contribution in [0.15, 0.2) is 47.4 Å². The van der Waals surface area contributed by atoms with Crippen LogP contribution in [-0.4, -0.2) is 37.6 Å². The molecule has 178 valence electrons. The number of hydrogen-bond acceptors (Lipinski definition) is 4. The van der Waals surface area contributed by atoms with Crippen molar-refractivity contribution in [2.24, 2.45) is 5.92 Å². The van der Waals surface area contributed by atoms with Crippen molar-refractivity contribution in [2.45, 2.75) is 50.8 Å². The highest BCUT2D eigenvalue weighted by molar-refractivity contribution is 7.89. The molecule has 1 aliphatic heterocycles. The lowest BCUT2D eigenvalue weighted by Gasteiger charge is -2.30. The third kappa shape index (κ3) is 6.13. The summed E-state index contributed by atoms with van der Waals surface area (Å²) in [5.74, 6) is -0.726. The van der Waals surface area contributed by atoms with Crippen molar-refractivity contribution in [2.75, 3.05) is 23.7 Å². The van der Waals surface area contributed by atoms with Crippen molar-refractivity contribution in [3.05, 3.63) is 53.1 Å². The van der Waals surface area contributed by atoms with Crippen LogP contribution in [-0.2, 0) is 25.0 Å². The number of amides is 2. The minimum absolute atomic E-state index is 0.0544. The van der Waals surface area contributed by atoms with Gasteiger partial charge in [0.05, 0.1) is 15.6 Å². The summed E-state index contributed by atoms with van der Waals surface area (Å²) in [5, 5.41) is 5.76. The molecule has 0 radical (unpaired) electrons. The molecule has 2 N–H and O–H groups in total. The first-order chi connectivity index (χ1) is 15.4. The van der Waals surface area contributed by atoms with Gasteiger partial charge < -0.3 is 10.6 Å². The molecule has 0 bridgehead atoms. The van der Waals surface area contributed by atoms with Crippen molar-refractivity contribution in [3.63, 3.8) is 0 Å². The van der Waals surface area contributed by atoms with E-state index in [1.165, 1.54) is 11.2 Å². The number of carbonyl (C=O) groups excluding carboxylic acids is 2. The number of sulfonamides is 1. The quantitative estimate of drug-likeness (QED) is 0.637. The Labute approximate surface area is 200 Å². The average Bonchev–Trinajstić information content (AvgIpc) is 2.75. The number of rotatable bonds is 5. The van der Waals surface area contributed by atoms with Crippen LogP contribution in [0.25, 0.3) is 0 Å². The largest absolute Gasteiger partial charge is 0.326 e. The summed E-state index contributed by atoms with van der Waals surface area (Å²) in [6, 6.07) is 11.9. The van der Waals surface area contributed by atoms with Crippen LogP contribution < -0.4 is 10.6 Å². The van der Waals surface area contributed by atoms with E-state index in [0.29, 0.717) is 29.2 Å². The molecule has 0 aliphatic carbocycles. The standard InChI is InChI=1S/C24H30ClN3O4S/c1-16(29)26-19-7-10-22(21(25)15-19)27-23(30)17-11-13-28(14-12-17)33(31,32)20-8-5-18(6-9-20)24(2,3)4/h5-10,15,17H,11-14H2,1-4H3,(H,26,29)(H,27,30). The van der Waals surface area contributed by atoms with Crippen LogP contribution in [0.4, 0.5) is 11.4 Å². The molecule has 0 unspecified atom stereocenters. The second kappa shape index (κ2) is 9.83. The van der Waals surface area contributed by atoms with E-state index in [1.807, 2.05) is 12.1 Å². The second-order valence-electron chi connectivity index (χ2n) is 9.32. The van der Waals surface area contributed by atoms with Gasteiger partial charge in [-0.25, -0.2) is 8.42 Å². The first kappa shape index (κ1) is 25.2. The van der Waals surface area contributed by atoms with Crippen LogP contribution >= 0.6 is 11.6 Å². The number of carbonyl (C=O) groups is 2.